The first-order valence-corrected chi connectivity index (χ1v) is 14.4. The third kappa shape index (κ3) is 6.17. The van der Waals surface area contributed by atoms with Gasteiger partial charge in [-0.15, -0.1) is 0 Å². The van der Waals surface area contributed by atoms with Crippen molar-refractivity contribution in [3.8, 4) is 5.75 Å². The van der Waals surface area contributed by atoms with Gasteiger partial charge in [-0.25, -0.2) is 0 Å². The highest BCUT2D eigenvalue weighted by Gasteiger charge is 2.22. The van der Waals surface area contributed by atoms with Crippen molar-refractivity contribution < 1.29 is 23.9 Å². The Morgan fingerprint density at radius 2 is 1.80 bits per heavy atom. The van der Waals surface area contributed by atoms with E-state index in [0.29, 0.717) is 47.0 Å². The lowest BCUT2D eigenvalue weighted by molar-refractivity contribution is 0.101. The minimum atomic E-state index is -1.14. The van der Waals surface area contributed by atoms with E-state index in [1.807, 2.05) is 46.0 Å². The SMILES string of the molecule is CN(Cc1ccccc1)Cc1c(O)ccc2[nH]c(C(=O)c3cc4cc(NC(O)Nc5cc(C(C)(C)C)on5)ccc4o3)cc12. The number of aromatic nitrogens is 2. The second-order valence-electron chi connectivity index (χ2n) is 12.1. The number of nitrogens with zero attached hydrogens (tertiary/aromatic N) is 2. The van der Waals surface area contributed by atoms with Crippen LogP contribution in [0.3, 0.4) is 0 Å². The van der Waals surface area contributed by atoms with E-state index in [-0.39, 0.29) is 22.7 Å². The van der Waals surface area contributed by atoms with Crippen LogP contribution in [0.1, 0.15) is 53.9 Å². The van der Waals surface area contributed by atoms with Crippen LogP contribution in [0.4, 0.5) is 11.5 Å². The minimum Gasteiger partial charge on any atom is -0.508 e. The highest BCUT2D eigenvalue weighted by Crippen LogP contribution is 2.31. The molecule has 0 aliphatic carbocycles. The van der Waals surface area contributed by atoms with Gasteiger partial charge >= 0.3 is 0 Å². The number of nitrogens with one attached hydrogen (secondary N) is 3. The second-order valence-corrected chi connectivity index (χ2v) is 12.1. The number of anilines is 2. The molecule has 3 aromatic carbocycles. The number of aromatic hydroxyl groups is 1. The minimum absolute atomic E-state index is 0.173. The zero-order valence-electron chi connectivity index (χ0n) is 25.0. The average molecular weight is 594 g/mol. The van der Waals surface area contributed by atoms with Crippen LogP contribution in [0.15, 0.2) is 87.8 Å². The number of benzene rings is 3. The van der Waals surface area contributed by atoms with Gasteiger partial charge in [-0.3, -0.25) is 9.69 Å². The fourth-order valence-corrected chi connectivity index (χ4v) is 5.17. The van der Waals surface area contributed by atoms with Crippen molar-refractivity contribution in [1.29, 1.82) is 0 Å². The van der Waals surface area contributed by atoms with Gasteiger partial charge in [0.25, 0.3) is 0 Å². The fraction of sp³-hybridized carbons (Fsp3) is 0.235. The Morgan fingerprint density at radius 3 is 2.55 bits per heavy atom. The molecule has 6 rings (SSSR count). The molecule has 0 saturated carbocycles. The standard InChI is InChI=1S/C34H35N5O5/c1-34(2,3)30-17-31(38-44-30)37-33(42)35-22-10-13-28-21(14-22)15-29(43-28)32(41)26-16-23-24(27(40)12-11-25(23)36-26)19-39(4)18-20-8-6-5-7-9-20/h5-17,33,35-36,40,42H,18-19H2,1-4H3,(H,37,38). The quantitative estimate of drug-likeness (QED) is 0.0881. The van der Waals surface area contributed by atoms with Crippen molar-refractivity contribution in [2.24, 2.45) is 0 Å². The fourth-order valence-electron chi connectivity index (χ4n) is 5.17. The summed E-state index contributed by atoms with van der Waals surface area (Å²) in [7, 11) is 1.99. The van der Waals surface area contributed by atoms with Gasteiger partial charge in [0.1, 0.15) is 17.1 Å². The normalized spacial score (nSPS) is 12.7. The summed E-state index contributed by atoms with van der Waals surface area (Å²) >= 11 is 0. The summed E-state index contributed by atoms with van der Waals surface area (Å²) in [6, 6.07) is 24.0. The second kappa shape index (κ2) is 11.6. The summed E-state index contributed by atoms with van der Waals surface area (Å²) in [5, 5.41) is 32.5. The third-order valence-corrected chi connectivity index (χ3v) is 7.44. The molecule has 3 heterocycles. The maximum atomic E-state index is 13.5. The largest absolute Gasteiger partial charge is 0.508 e. The molecular weight excluding hydrogens is 558 g/mol. The van der Waals surface area contributed by atoms with Crippen LogP contribution in [0.5, 0.6) is 5.75 Å². The molecule has 1 unspecified atom stereocenters. The zero-order chi connectivity index (χ0) is 31.0. The van der Waals surface area contributed by atoms with Gasteiger partial charge in [-0.2, -0.15) is 0 Å². The predicted octanol–water partition coefficient (Wildman–Crippen LogP) is 6.57. The number of H-pyrrole nitrogens is 1. The number of ketones is 1. The van der Waals surface area contributed by atoms with Crippen LogP contribution >= 0.6 is 0 Å². The van der Waals surface area contributed by atoms with E-state index in [0.717, 1.165) is 16.5 Å². The van der Waals surface area contributed by atoms with Crippen LogP contribution < -0.4 is 10.6 Å². The number of phenols is 1. The molecule has 1 atom stereocenters. The molecule has 0 saturated heterocycles. The molecule has 0 spiro atoms. The molecule has 0 bridgehead atoms. The monoisotopic (exact) mass is 593 g/mol. The van der Waals surface area contributed by atoms with Gasteiger partial charge in [0.2, 0.25) is 12.1 Å². The first kappa shape index (κ1) is 29.0. The Morgan fingerprint density at radius 1 is 1.00 bits per heavy atom. The van der Waals surface area contributed by atoms with Crippen molar-refractivity contribution in [2.75, 3.05) is 17.7 Å². The van der Waals surface area contributed by atoms with E-state index in [1.165, 1.54) is 5.56 Å². The summed E-state index contributed by atoms with van der Waals surface area (Å²) < 4.78 is 11.3. The maximum absolute atomic E-state index is 13.5. The average Bonchev–Trinajstić information content (AvgIpc) is 3.73. The first-order chi connectivity index (χ1) is 21.0. The molecule has 5 N–H and O–H groups in total. The molecule has 44 heavy (non-hydrogen) atoms. The summed E-state index contributed by atoms with van der Waals surface area (Å²) in [5.74, 6) is 1.14. The van der Waals surface area contributed by atoms with Crippen LogP contribution in [-0.2, 0) is 18.5 Å². The highest BCUT2D eigenvalue weighted by atomic mass is 16.5. The van der Waals surface area contributed by atoms with Crippen molar-refractivity contribution in [2.45, 2.75) is 45.6 Å². The lowest BCUT2D eigenvalue weighted by Gasteiger charge is -2.18. The number of aliphatic hydroxyl groups is 1. The van der Waals surface area contributed by atoms with E-state index in [2.05, 4.69) is 37.8 Å². The van der Waals surface area contributed by atoms with Gasteiger partial charge < -0.3 is 34.8 Å². The van der Waals surface area contributed by atoms with E-state index < -0.39 is 6.35 Å². The molecule has 0 radical (unpaired) electrons. The van der Waals surface area contributed by atoms with Crippen LogP contribution in [0, 0.1) is 0 Å². The highest BCUT2D eigenvalue weighted by molar-refractivity contribution is 6.10. The van der Waals surface area contributed by atoms with Crippen LogP contribution in [-0.4, -0.2) is 44.4 Å². The Kier molecular flexibility index (Phi) is 7.62. The van der Waals surface area contributed by atoms with Gasteiger partial charge in [0.05, 0.1) is 5.69 Å². The van der Waals surface area contributed by atoms with Gasteiger partial charge in [0.15, 0.2) is 11.6 Å². The molecule has 0 fully saturated rings. The molecule has 10 nitrogen and oxygen atoms in total. The number of carbonyl (C=O) groups is 1. The number of furan rings is 1. The number of hydrogen-bond acceptors (Lipinski definition) is 9. The van der Waals surface area contributed by atoms with E-state index in [4.69, 9.17) is 8.94 Å². The van der Waals surface area contributed by atoms with Gasteiger partial charge in [-0.1, -0.05) is 56.3 Å². The first-order valence-electron chi connectivity index (χ1n) is 14.4. The van der Waals surface area contributed by atoms with Gasteiger partial charge in [0, 0.05) is 52.1 Å². The maximum Gasteiger partial charge on any atom is 0.244 e. The van der Waals surface area contributed by atoms with Crippen molar-refractivity contribution in [3.63, 3.8) is 0 Å². The molecule has 6 aromatic rings. The van der Waals surface area contributed by atoms with Gasteiger partial charge in [-0.05, 0) is 55.1 Å². The van der Waals surface area contributed by atoms with E-state index in [1.54, 1.807) is 48.5 Å². The Balaban J connectivity index is 1.17. The van der Waals surface area contributed by atoms with Crippen molar-refractivity contribution in [1.82, 2.24) is 15.0 Å². The zero-order valence-corrected chi connectivity index (χ0v) is 25.0. The Labute approximate surface area is 254 Å². The summed E-state index contributed by atoms with van der Waals surface area (Å²) in [4.78, 5) is 18.8. The Hall–Kier alpha value is -5.06. The molecule has 0 aliphatic heterocycles. The predicted molar refractivity (Wildman–Crippen MR) is 170 cm³/mol. The Bertz CT molecular complexity index is 1930. The third-order valence-electron chi connectivity index (χ3n) is 7.44. The molecule has 10 heteroatoms. The number of carbonyl (C=O) groups excluding carboxylic acids is 1. The lowest BCUT2D eigenvalue weighted by atomic mass is 9.93. The number of aliphatic hydroxyl groups excluding tert-OH is 1. The number of hydrogen-bond donors (Lipinski definition) is 5. The summed E-state index contributed by atoms with van der Waals surface area (Å²) in [6.07, 6.45) is -1.14. The molecule has 3 aromatic heterocycles. The number of aromatic amines is 1. The number of rotatable bonds is 10. The van der Waals surface area contributed by atoms with Crippen LogP contribution in [0.2, 0.25) is 0 Å². The molecular formula is C34H35N5O5. The lowest BCUT2D eigenvalue weighted by Crippen LogP contribution is -2.28. The van der Waals surface area contributed by atoms with Crippen molar-refractivity contribution in [3.05, 3.63) is 107 Å². The van der Waals surface area contributed by atoms with E-state index in [9.17, 15) is 15.0 Å². The molecule has 226 valence electrons. The van der Waals surface area contributed by atoms with E-state index >= 15 is 0 Å². The summed E-state index contributed by atoms with van der Waals surface area (Å²) in [5.41, 5.74) is 3.96. The topological polar surface area (TPSA) is 140 Å². The smallest absolute Gasteiger partial charge is 0.244 e. The van der Waals surface area contributed by atoms with Crippen molar-refractivity contribution >= 4 is 39.2 Å². The summed E-state index contributed by atoms with van der Waals surface area (Å²) in [6.45, 7) is 7.25. The number of fused-ring (bicyclic) bond motifs is 2. The molecule has 0 amide bonds. The molecule has 0 aliphatic rings. The van der Waals surface area contributed by atoms with Crippen LogP contribution in [0.25, 0.3) is 21.9 Å². The number of phenolic OH excluding ortho intramolecular Hbond substituents is 1.